The summed E-state index contributed by atoms with van der Waals surface area (Å²) in [6.07, 6.45) is 4.20. The highest BCUT2D eigenvalue weighted by atomic mass is 32.1. The zero-order valence-electron chi connectivity index (χ0n) is 10.8. The van der Waals surface area contributed by atoms with Crippen molar-refractivity contribution < 1.29 is 14.3 Å². The van der Waals surface area contributed by atoms with Gasteiger partial charge in [-0.05, 0) is 12.8 Å². The zero-order valence-corrected chi connectivity index (χ0v) is 11.6. The Balaban J connectivity index is 1.81. The number of aromatic nitrogens is 1. The second-order valence-corrected chi connectivity index (χ2v) is 5.34. The van der Waals surface area contributed by atoms with E-state index in [2.05, 4.69) is 20.4 Å². The number of rotatable bonds is 4. The van der Waals surface area contributed by atoms with Crippen molar-refractivity contribution in [2.24, 2.45) is 0 Å². The Hall–Kier alpha value is -1.63. The summed E-state index contributed by atoms with van der Waals surface area (Å²) in [7, 11) is 1.29. The van der Waals surface area contributed by atoms with Crippen LogP contribution >= 0.6 is 11.3 Å². The number of hydrogen-bond acceptors (Lipinski definition) is 5. The van der Waals surface area contributed by atoms with Crippen LogP contribution in [-0.4, -0.2) is 30.1 Å². The minimum Gasteiger partial charge on any atom is -0.453 e. The van der Waals surface area contributed by atoms with E-state index in [0.29, 0.717) is 16.9 Å². The number of carbonyl (C=O) groups excluding carboxylic acids is 2. The highest BCUT2D eigenvalue weighted by molar-refractivity contribution is 7.13. The van der Waals surface area contributed by atoms with E-state index in [1.54, 1.807) is 5.38 Å². The minimum atomic E-state index is -0.559. The highest BCUT2D eigenvalue weighted by Crippen LogP contribution is 2.19. The number of ether oxygens (including phenoxy) is 1. The molecule has 1 aromatic rings. The van der Waals surface area contributed by atoms with E-state index in [0.717, 1.165) is 12.8 Å². The van der Waals surface area contributed by atoms with Gasteiger partial charge in [0.05, 0.1) is 19.2 Å². The fourth-order valence-corrected chi connectivity index (χ4v) is 2.79. The van der Waals surface area contributed by atoms with Gasteiger partial charge in [0.1, 0.15) is 0 Å². The topological polar surface area (TPSA) is 80.3 Å². The molecule has 1 fully saturated rings. The third kappa shape index (κ3) is 4.20. The molecule has 2 amide bonds. The maximum absolute atomic E-state index is 11.8. The van der Waals surface area contributed by atoms with Crippen LogP contribution in [0.2, 0.25) is 0 Å². The van der Waals surface area contributed by atoms with E-state index < -0.39 is 6.09 Å². The Morgan fingerprint density at radius 2 is 2.21 bits per heavy atom. The molecule has 1 saturated carbocycles. The van der Waals surface area contributed by atoms with Crippen molar-refractivity contribution in [2.45, 2.75) is 38.1 Å². The zero-order chi connectivity index (χ0) is 13.7. The van der Waals surface area contributed by atoms with Gasteiger partial charge < -0.3 is 10.1 Å². The van der Waals surface area contributed by atoms with Crippen molar-refractivity contribution in [1.82, 2.24) is 10.3 Å². The van der Waals surface area contributed by atoms with Crippen LogP contribution in [0.5, 0.6) is 0 Å². The molecule has 0 unspecified atom stereocenters. The molecule has 0 aliphatic heterocycles. The van der Waals surface area contributed by atoms with Gasteiger partial charge in [-0.25, -0.2) is 9.78 Å². The minimum absolute atomic E-state index is 0.0122. The van der Waals surface area contributed by atoms with Gasteiger partial charge in [-0.1, -0.05) is 12.8 Å². The molecule has 6 nitrogen and oxygen atoms in total. The number of thiazole rings is 1. The lowest BCUT2D eigenvalue weighted by molar-refractivity contribution is -0.121. The first-order valence-electron chi connectivity index (χ1n) is 6.26. The molecule has 0 bridgehead atoms. The first-order chi connectivity index (χ1) is 9.17. The standard InChI is InChI=1S/C12H17N3O3S/c1-18-12(17)15-11-14-9(7-19-11)6-10(16)13-8-4-2-3-5-8/h7-8H,2-6H2,1H3,(H,13,16)(H,14,15,17). The van der Waals surface area contributed by atoms with Crippen molar-refractivity contribution in [3.63, 3.8) is 0 Å². The summed E-state index contributed by atoms with van der Waals surface area (Å²) < 4.78 is 4.47. The molecule has 7 heteroatoms. The average molecular weight is 283 g/mol. The predicted octanol–water partition coefficient (Wildman–Crippen LogP) is 1.92. The van der Waals surface area contributed by atoms with Crippen LogP contribution in [-0.2, 0) is 16.0 Å². The van der Waals surface area contributed by atoms with Gasteiger partial charge in [0.2, 0.25) is 5.91 Å². The molecule has 2 rings (SSSR count). The Kier molecular flexibility index (Phi) is 4.73. The number of methoxy groups -OCH3 is 1. The maximum Gasteiger partial charge on any atom is 0.413 e. The lowest BCUT2D eigenvalue weighted by Gasteiger charge is -2.10. The van der Waals surface area contributed by atoms with Crippen LogP contribution in [0.15, 0.2) is 5.38 Å². The summed E-state index contributed by atoms with van der Waals surface area (Å²) in [5, 5.41) is 7.68. The summed E-state index contributed by atoms with van der Waals surface area (Å²) in [5.41, 5.74) is 0.659. The van der Waals surface area contributed by atoms with Crippen molar-refractivity contribution >= 4 is 28.5 Å². The van der Waals surface area contributed by atoms with Gasteiger partial charge in [0, 0.05) is 11.4 Å². The monoisotopic (exact) mass is 283 g/mol. The average Bonchev–Trinajstić information content (AvgIpc) is 3.01. The summed E-state index contributed by atoms with van der Waals surface area (Å²) in [6.45, 7) is 0. The maximum atomic E-state index is 11.8. The third-order valence-electron chi connectivity index (χ3n) is 3.01. The predicted molar refractivity (Wildman–Crippen MR) is 72.2 cm³/mol. The fourth-order valence-electron chi connectivity index (χ4n) is 2.10. The molecule has 2 N–H and O–H groups in total. The molecule has 0 spiro atoms. The van der Waals surface area contributed by atoms with E-state index >= 15 is 0 Å². The largest absolute Gasteiger partial charge is 0.453 e. The molecule has 19 heavy (non-hydrogen) atoms. The van der Waals surface area contributed by atoms with Crippen molar-refractivity contribution in [3.8, 4) is 0 Å². The number of nitrogens with zero attached hydrogens (tertiary/aromatic N) is 1. The molecule has 0 aromatic carbocycles. The Morgan fingerprint density at radius 3 is 2.89 bits per heavy atom. The van der Waals surface area contributed by atoms with Gasteiger partial charge >= 0.3 is 6.09 Å². The number of amides is 2. The molecular formula is C12H17N3O3S. The lowest BCUT2D eigenvalue weighted by atomic mass is 10.2. The van der Waals surface area contributed by atoms with Crippen LogP contribution in [0, 0.1) is 0 Å². The van der Waals surface area contributed by atoms with E-state index in [1.807, 2.05) is 0 Å². The van der Waals surface area contributed by atoms with Gasteiger partial charge in [0.25, 0.3) is 0 Å². The van der Waals surface area contributed by atoms with Crippen LogP contribution in [0.1, 0.15) is 31.4 Å². The molecule has 0 radical (unpaired) electrons. The van der Waals surface area contributed by atoms with E-state index in [1.165, 1.54) is 31.3 Å². The molecular weight excluding hydrogens is 266 g/mol. The summed E-state index contributed by atoms with van der Waals surface area (Å²) in [4.78, 5) is 27.0. The van der Waals surface area contributed by atoms with Crippen molar-refractivity contribution in [1.29, 1.82) is 0 Å². The first-order valence-corrected chi connectivity index (χ1v) is 7.14. The van der Waals surface area contributed by atoms with Gasteiger partial charge in [-0.2, -0.15) is 0 Å². The smallest absolute Gasteiger partial charge is 0.413 e. The highest BCUT2D eigenvalue weighted by Gasteiger charge is 2.18. The van der Waals surface area contributed by atoms with Crippen molar-refractivity contribution in [2.75, 3.05) is 12.4 Å². The number of anilines is 1. The number of carbonyl (C=O) groups is 2. The Morgan fingerprint density at radius 1 is 1.47 bits per heavy atom. The third-order valence-corrected chi connectivity index (χ3v) is 3.81. The first kappa shape index (κ1) is 13.8. The molecule has 0 atom stereocenters. The van der Waals surface area contributed by atoms with Crippen LogP contribution < -0.4 is 10.6 Å². The Bertz CT molecular complexity index is 455. The quantitative estimate of drug-likeness (QED) is 0.884. The summed E-state index contributed by atoms with van der Waals surface area (Å²) in [5.74, 6) is -0.0122. The van der Waals surface area contributed by atoms with E-state index in [9.17, 15) is 9.59 Å². The molecule has 1 aliphatic rings. The summed E-state index contributed by atoms with van der Waals surface area (Å²) >= 11 is 1.27. The number of nitrogens with one attached hydrogen (secondary N) is 2. The summed E-state index contributed by atoms with van der Waals surface area (Å²) in [6, 6.07) is 0.318. The second-order valence-electron chi connectivity index (χ2n) is 4.49. The van der Waals surface area contributed by atoms with Gasteiger partial charge in [-0.3, -0.25) is 10.1 Å². The molecule has 0 saturated heterocycles. The fraction of sp³-hybridized carbons (Fsp3) is 0.583. The van der Waals surface area contributed by atoms with E-state index in [-0.39, 0.29) is 12.3 Å². The Labute approximate surface area is 115 Å². The van der Waals surface area contributed by atoms with Crippen LogP contribution in [0.25, 0.3) is 0 Å². The van der Waals surface area contributed by atoms with Gasteiger partial charge in [0.15, 0.2) is 5.13 Å². The van der Waals surface area contributed by atoms with Gasteiger partial charge in [-0.15, -0.1) is 11.3 Å². The molecule has 104 valence electrons. The van der Waals surface area contributed by atoms with Crippen molar-refractivity contribution in [3.05, 3.63) is 11.1 Å². The van der Waals surface area contributed by atoms with Crippen LogP contribution in [0.3, 0.4) is 0 Å². The SMILES string of the molecule is COC(=O)Nc1nc(CC(=O)NC2CCCC2)cs1. The molecule has 1 heterocycles. The van der Waals surface area contributed by atoms with Crippen LogP contribution in [0.4, 0.5) is 9.93 Å². The number of hydrogen-bond donors (Lipinski definition) is 2. The molecule has 1 aromatic heterocycles. The normalized spacial score (nSPS) is 15.2. The molecule has 1 aliphatic carbocycles. The second kappa shape index (κ2) is 6.51. The van der Waals surface area contributed by atoms with E-state index in [4.69, 9.17) is 0 Å². The lowest BCUT2D eigenvalue weighted by Crippen LogP contribution is -2.33.